The highest BCUT2D eigenvalue weighted by Crippen LogP contribution is 2.28. The lowest BCUT2D eigenvalue weighted by Crippen LogP contribution is -2.15. The summed E-state index contributed by atoms with van der Waals surface area (Å²) in [6, 6.07) is 14.9. The molecule has 0 amide bonds. The van der Waals surface area contributed by atoms with Gasteiger partial charge in [0.25, 0.3) is 0 Å². The van der Waals surface area contributed by atoms with Gasteiger partial charge < -0.3 is 20.0 Å². The van der Waals surface area contributed by atoms with Crippen molar-refractivity contribution in [2.75, 3.05) is 19.5 Å². The number of anilines is 1. The van der Waals surface area contributed by atoms with Crippen LogP contribution in [0.5, 0.6) is 5.75 Å². The molecule has 0 spiro atoms. The number of carbonyl (C=O) groups excluding carboxylic acids is 1. The summed E-state index contributed by atoms with van der Waals surface area (Å²) in [6.07, 6.45) is 0. The van der Waals surface area contributed by atoms with Crippen LogP contribution in [0.25, 0.3) is 10.9 Å². The summed E-state index contributed by atoms with van der Waals surface area (Å²) in [5.74, 6) is 0.551. The zero-order valence-corrected chi connectivity index (χ0v) is 14.2. The summed E-state index contributed by atoms with van der Waals surface area (Å²) in [5.41, 5.74) is 8.17. The molecular formula is C19H20N2O4. The van der Waals surface area contributed by atoms with Crippen LogP contribution in [0.15, 0.2) is 48.5 Å². The van der Waals surface area contributed by atoms with E-state index in [9.17, 15) is 4.79 Å². The van der Waals surface area contributed by atoms with Crippen molar-refractivity contribution >= 4 is 22.7 Å². The quantitative estimate of drug-likeness (QED) is 0.698. The molecule has 6 nitrogen and oxygen atoms in total. The maximum atomic E-state index is 12.3. The number of benzene rings is 2. The normalized spacial score (nSPS) is 10.6. The SMILES string of the molecule is CCOC(=O)c1c(N)n(OCc2ccc(OC)cc2)c2ccccc12. The molecule has 2 N–H and O–H groups in total. The molecule has 0 fully saturated rings. The van der Waals surface area contributed by atoms with Crippen molar-refractivity contribution in [1.82, 2.24) is 4.73 Å². The van der Waals surface area contributed by atoms with Gasteiger partial charge in [0.2, 0.25) is 0 Å². The second kappa shape index (κ2) is 7.17. The summed E-state index contributed by atoms with van der Waals surface area (Å²) in [4.78, 5) is 18.1. The van der Waals surface area contributed by atoms with E-state index in [-0.39, 0.29) is 12.4 Å². The molecular weight excluding hydrogens is 320 g/mol. The number of aromatic nitrogens is 1. The van der Waals surface area contributed by atoms with Crippen LogP contribution in [0.2, 0.25) is 0 Å². The molecule has 0 aliphatic rings. The highest BCUT2D eigenvalue weighted by atomic mass is 16.7. The highest BCUT2D eigenvalue weighted by Gasteiger charge is 2.22. The van der Waals surface area contributed by atoms with Crippen molar-refractivity contribution in [3.8, 4) is 5.75 Å². The van der Waals surface area contributed by atoms with E-state index in [0.29, 0.717) is 17.6 Å². The number of fused-ring (bicyclic) bond motifs is 1. The first-order chi connectivity index (χ1) is 12.2. The van der Waals surface area contributed by atoms with Crippen molar-refractivity contribution in [3.05, 3.63) is 59.7 Å². The number of rotatable bonds is 6. The van der Waals surface area contributed by atoms with Crippen molar-refractivity contribution in [1.29, 1.82) is 0 Å². The minimum Gasteiger partial charge on any atom is -0.497 e. The largest absolute Gasteiger partial charge is 0.497 e. The molecule has 2 aromatic carbocycles. The molecule has 0 radical (unpaired) electrons. The number of nitrogens with two attached hydrogens (primary N) is 1. The summed E-state index contributed by atoms with van der Waals surface area (Å²) in [7, 11) is 1.62. The third-order valence-corrected chi connectivity index (χ3v) is 3.87. The fraction of sp³-hybridized carbons (Fsp3) is 0.211. The molecule has 130 valence electrons. The van der Waals surface area contributed by atoms with E-state index in [1.165, 1.54) is 4.73 Å². The van der Waals surface area contributed by atoms with Crippen molar-refractivity contribution < 1.29 is 19.1 Å². The van der Waals surface area contributed by atoms with Gasteiger partial charge in [0.05, 0.1) is 19.2 Å². The second-order valence-corrected chi connectivity index (χ2v) is 5.41. The summed E-state index contributed by atoms with van der Waals surface area (Å²) in [6.45, 7) is 2.34. The molecule has 0 saturated carbocycles. The van der Waals surface area contributed by atoms with Gasteiger partial charge in [-0.2, -0.15) is 4.73 Å². The molecule has 0 atom stereocenters. The Morgan fingerprint density at radius 3 is 2.52 bits per heavy atom. The first-order valence-electron chi connectivity index (χ1n) is 7.98. The van der Waals surface area contributed by atoms with Gasteiger partial charge in [-0.05, 0) is 30.7 Å². The number of para-hydroxylation sites is 1. The molecule has 1 aromatic heterocycles. The fourth-order valence-electron chi connectivity index (χ4n) is 2.65. The molecule has 0 unspecified atom stereocenters. The van der Waals surface area contributed by atoms with E-state index in [4.69, 9.17) is 20.0 Å². The highest BCUT2D eigenvalue weighted by molar-refractivity contribution is 6.09. The molecule has 1 heterocycles. The number of carbonyl (C=O) groups is 1. The van der Waals surface area contributed by atoms with Crippen LogP contribution in [0, 0.1) is 0 Å². The van der Waals surface area contributed by atoms with Crippen LogP contribution < -0.4 is 15.3 Å². The van der Waals surface area contributed by atoms with Gasteiger partial charge in [0.15, 0.2) is 5.82 Å². The van der Waals surface area contributed by atoms with Crippen molar-refractivity contribution in [2.24, 2.45) is 0 Å². The van der Waals surface area contributed by atoms with Crippen molar-refractivity contribution in [3.63, 3.8) is 0 Å². The molecule has 0 saturated heterocycles. The van der Waals surface area contributed by atoms with Gasteiger partial charge in [-0.3, -0.25) is 0 Å². The van der Waals surface area contributed by atoms with Crippen LogP contribution in [-0.4, -0.2) is 24.4 Å². The molecule has 3 rings (SSSR count). The third-order valence-electron chi connectivity index (χ3n) is 3.87. The van der Waals surface area contributed by atoms with Gasteiger partial charge in [0.1, 0.15) is 17.9 Å². The van der Waals surface area contributed by atoms with Crippen LogP contribution in [0.4, 0.5) is 5.82 Å². The van der Waals surface area contributed by atoms with Gasteiger partial charge in [0, 0.05) is 5.39 Å². The Morgan fingerprint density at radius 2 is 1.84 bits per heavy atom. The topological polar surface area (TPSA) is 75.7 Å². The number of hydrogen-bond donors (Lipinski definition) is 1. The predicted molar refractivity (Wildman–Crippen MR) is 95.6 cm³/mol. The number of methoxy groups -OCH3 is 1. The number of ether oxygens (including phenoxy) is 2. The monoisotopic (exact) mass is 340 g/mol. The molecule has 0 bridgehead atoms. The first kappa shape index (κ1) is 16.7. The molecule has 0 aliphatic heterocycles. The lowest BCUT2D eigenvalue weighted by atomic mass is 10.1. The van der Waals surface area contributed by atoms with Crippen LogP contribution in [0.1, 0.15) is 22.8 Å². The smallest absolute Gasteiger partial charge is 0.342 e. The standard InChI is InChI=1S/C19H20N2O4/c1-3-24-19(22)17-15-6-4-5-7-16(15)21(18(17)20)25-12-13-8-10-14(23-2)11-9-13/h4-11H,3,12,20H2,1-2H3. The number of esters is 1. The van der Waals surface area contributed by atoms with Gasteiger partial charge in [-0.1, -0.05) is 30.3 Å². The van der Waals surface area contributed by atoms with Crippen molar-refractivity contribution in [2.45, 2.75) is 13.5 Å². The Hall–Kier alpha value is -3.15. The molecule has 25 heavy (non-hydrogen) atoms. The Balaban J connectivity index is 1.92. The van der Waals surface area contributed by atoms with E-state index in [2.05, 4.69) is 0 Å². The summed E-state index contributed by atoms with van der Waals surface area (Å²) < 4.78 is 11.7. The van der Waals surface area contributed by atoms with Crippen LogP contribution in [0.3, 0.4) is 0 Å². The van der Waals surface area contributed by atoms with Crippen LogP contribution >= 0.6 is 0 Å². The maximum absolute atomic E-state index is 12.3. The number of nitrogens with zero attached hydrogens (tertiary/aromatic N) is 1. The van der Waals surface area contributed by atoms with Gasteiger partial charge >= 0.3 is 5.97 Å². The lowest BCUT2D eigenvalue weighted by Gasteiger charge is -2.11. The Labute approximate surface area is 145 Å². The minimum atomic E-state index is -0.456. The zero-order valence-electron chi connectivity index (χ0n) is 14.2. The first-order valence-corrected chi connectivity index (χ1v) is 7.98. The fourth-order valence-corrected chi connectivity index (χ4v) is 2.65. The molecule has 0 aliphatic carbocycles. The van der Waals surface area contributed by atoms with Crippen LogP contribution in [-0.2, 0) is 11.3 Å². The number of hydrogen-bond acceptors (Lipinski definition) is 5. The van der Waals surface area contributed by atoms with E-state index in [1.807, 2.05) is 48.5 Å². The Morgan fingerprint density at radius 1 is 1.12 bits per heavy atom. The van der Waals surface area contributed by atoms with E-state index >= 15 is 0 Å². The predicted octanol–water partition coefficient (Wildman–Crippen LogP) is 3.04. The minimum absolute atomic E-state index is 0.230. The molecule has 6 heteroatoms. The summed E-state index contributed by atoms with van der Waals surface area (Å²) >= 11 is 0. The van der Waals surface area contributed by atoms with E-state index in [0.717, 1.165) is 16.8 Å². The maximum Gasteiger partial charge on any atom is 0.342 e. The van der Waals surface area contributed by atoms with Gasteiger partial charge in [-0.25, -0.2) is 4.79 Å². The lowest BCUT2D eigenvalue weighted by molar-refractivity contribution is 0.0526. The Bertz CT molecular complexity index is 884. The third kappa shape index (κ3) is 3.24. The average Bonchev–Trinajstić information content (AvgIpc) is 2.92. The van der Waals surface area contributed by atoms with Gasteiger partial charge in [-0.15, -0.1) is 0 Å². The van der Waals surface area contributed by atoms with E-state index in [1.54, 1.807) is 14.0 Å². The summed E-state index contributed by atoms with van der Waals surface area (Å²) in [5, 5.41) is 0.702. The average molecular weight is 340 g/mol. The Kier molecular flexibility index (Phi) is 4.79. The second-order valence-electron chi connectivity index (χ2n) is 5.41. The molecule has 3 aromatic rings. The zero-order chi connectivity index (χ0) is 17.8. The van der Waals surface area contributed by atoms with E-state index < -0.39 is 5.97 Å². The number of nitrogen functional groups attached to an aromatic ring is 1.